The van der Waals surface area contributed by atoms with Gasteiger partial charge in [0.2, 0.25) is 5.91 Å². The topological polar surface area (TPSA) is 55.6 Å². The van der Waals surface area contributed by atoms with Crippen molar-refractivity contribution in [3.05, 3.63) is 29.3 Å². The Kier molecular flexibility index (Phi) is 4.88. The van der Waals surface area contributed by atoms with E-state index in [4.69, 9.17) is 10.5 Å². The third-order valence-corrected chi connectivity index (χ3v) is 4.39. The van der Waals surface area contributed by atoms with Gasteiger partial charge in [-0.1, -0.05) is 12.5 Å². The first-order chi connectivity index (χ1) is 9.97. The molecule has 0 bridgehead atoms. The molecule has 2 rings (SSSR count). The molecule has 0 saturated heterocycles. The van der Waals surface area contributed by atoms with Crippen LogP contribution in [0.15, 0.2) is 18.2 Å². The number of carbonyl (C=O) groups excluding carboxylic acids is 1. The molecule has 1 aromatic rings. The van der Waals surface area contributed by atoms with Gasteiger partial charge in [0.1, 0.15) is 12.4 Å². The molecular weight excluding hydrogens is 264 g/mol. The maximum absolute atomic E-state index is 12.4. The lowest BCUT2D eigenvalue weighted by molar-refractivity contribution is -0.145. The Bertz CT molecular complexity index is 484. The number of amides is 1. The van der Waals surface area contributed by atoms with Crippen LogP contribution >= 0.6 is 0 Å². The molecule has 1 saturated carbocycles. The minimum Gasteiger partial charge on any atom is -0.492 e. The van der Waals surface area contributed by atoms with Gasteiger partial charge in [0, 0.05) is 13.6 Å². The fourth-order valence-corrected chi connectivity index (χ4v) is 2.93. The lowest BCUT2D eigenvalue weighted by atomic mass is 9.68. The molecule has 4 nitrogen and oxygen atoms in total. The van der Waals surface area contributed by atoms with Gasteiger partial charge in [-0.15, -0.1) is 0 Å². The molecule has 0 heterocycles. The van der Waals surface area contributed by atoms with E-state index in [0.29, 0.717) is 19.7 Å². The van der Waals surface area contributed by atoms with Crippen LogP contribution in [0.2, 0.25) is 0 Å². The second kappa shape index (κ2) is 6.48. The van der Waals surface area contributed by atoms with Gasteiger partial charge in [0.15, 0.2) is 0 Å². The van der Waals surface area contributed by atoms with Gasteiger partial charge in [-0.25, -0.2) is 0 Å². The van der Waals surface area contributed by atoms with Crippen molar-refractivity contribution < 1.29 is 9.53 Å². The van der Waals surface area contributed by atoms with Gasteiger partial charge in [-0.05, 0) is 49.9 Å². The van der Waals surface area contributed by atoms with E-state index in [9.17, 15) is 4.79 Å². The van der Waals surface area contributed by atoms with Crippen LogP contribution in [0.4, 0.5) is 0 Å². The highest BCUT2D eigenvalue weighted by Gasteiger charge is 2.44. The maximum atomic E-state index is 12.4. The summed E-state index contributed by atoms with van der Waals surface area (Å²) >= 11 is 0. The van der Waals surface area contributed by atoms with Crippen LogP contribution in [0.1, 0.15) is 30.4 Å². The van der Waals surface area contributed by atoms with E-state index >= 15 is 0 Å². The van der Waals surface area contributed by atoms with Gasteiger partial charge < -0.3 is 15.4 Å². The first kappa shape index (κ1) is 15.8. The summed E-state index contributed by atoms with van der Waals surface area (Å²) in [6, 6.07) is 6.15. The maximum Gasteiger partial charge on any atom is 0.229 e. The van der Waals surface area contributed by atoms with Crippen molar-refractivity contribution in [2.24, 2.45) is 11.1 Å². The number of hydrogen-bond acceptors (Lipinski definition) is 3. The molecule has 4 heteroatoms. The predicted molar refractivity (Wildman–Crippen MR) is 84.4 cm³/mol. The smallest absolute Gasteiger partial charge is 0.229 e. The van der Waals surface area contributed by atoms with Crippen molar-refractivity contribution in [1.82, 2.24) is 4.90 Å². The monoisotopic (exact) mass is 290 g/mol. The number of ether oxygens (including phenoxy) is 1. The van der Waals surface area contributed by atoms with Crippen molar-refractivity contribution in [2.45, 2.75) is 33.1 Å². The van der Waals surface area contributed by atoms with E-state index in [2.05, 4.69) is 19.9 Å². The molecule has 0 aromatic heterocycles. The number of nitrogens with zero attached hydrogens (tertiary/aromatic N) is 1. The highest BCUT2D eigenvalue weighted by atomic mass is 16.5. The van der Waals surface area contributed by atoms with E-state index < -0.39 is 0 Å². The molecule has 0 spiro atoms. The average Bonchev–Trinajstić information content (AvgIpc) is 2.36. The van der Waals surface area contributed by atoms with E-state index in [1.807, 2.05) is 19.2 Å². The molecule has 1 aliphatic rings. The standard InChI is InChI=1S/C17H26N2O2/c1-13-9-14(2)11-15(10-13)21-8-7-19(3)16(20)17(12-18)5-4-6-17/h9-11H,4-8,12,18H2,1-3H3. The van der Waals surface area contributed by atoms with Crippen molar-refractivity contribution >= 4 is 5.91 Å². The summed E-state index contributed by atoms with van der Waals surface area (Å²) in [7, 11) is 1.84. The van der Waals surface area contributed by atoms with E-state index in [-0.39, 0.29) is 11.3 Å². The predicted octanol–water partition coefficient (Wildman–Crippen LogP) is 2.27. The van der Waals surface area contributed by atoms with Gasteiger partial charge >= 0.3 is 0 Å². The van der Waals surface area contributed by atoms with Crippen LogP contribution in [-0.4, -0.2) is 37.6 Å². The summed E-state index contributed by atoms with van der Waals surface area (Å²) < 4.78 is 5.76. The molecule has 0 unspecified atom stereocenters. The second-order valence-electron chi connectivity index (χ2n) is 6.24. The number of carbonyl (C=O) groups is 1. The Morgan fingerprint density at radius 3 is 2.38 bits per heavy atom. The number of benzene rings is 1. The van der Waals surface area contributed by atoms with Crippen molar-refractivity contribution in [3.63, 3.8) is 0 Å². The molecule has 1 amide bonds. The van der Waals surface area contributed by atoms with Gasteiger partial charge in [-0.3, -0.25) is 4.79 Å². The number of likely N-dealkylation sites (N-methyl/N-ethyl adjacent to an activating group) is 1. The summed E-state index contributed by atoms with van der Waals surface area (Å²) in [6.45, 7) is 5.65. The molecule has 1 aromatic carbocycles. The molecule has 0 radical (unpaired) electrons. The lowest BCUT2D eigenvalue weighted by Crippen LogP contribution is -2.51. The van der Waals surface area contributed by atoms with Crippen LogP contribution in [-0.2, 0) is 4.79 Å². The Morgan fingerprint density at radius 2 is 1.90 bits per heavy atom. The molecule has 0 aliphatic heterocycles. The van der Waals surface area contributed by atoms with E-state index in [1.165, 1.54) is 11.1 Å². The quantitative estimate of drug-likeness (QED) is 0.874. The summed E-state index contributed by atoms with van der Waals surface area (Å²) in [4.78, 5) is 14.2. The van der Waals surface area contributed by atoms with Crippen LogP contribution in [0.3, 0.4) is 0 Å². The molecule has 116 valence electrons. The Morgan fingerprint density at radius 1 is 1.29 bits per heavy atom. The SMILES string of the molecule is Cc1cc(C)cc(OCCN(C)C(=O)C2(CN)CCC2)c1. The minimum absolute atomic E-state index is 0.167. The van der Waals surface area contributed by atoms with E-state index in [1.54, 1.807) is 4.90 Å². The third-order valence-electron chi connectivity index (χ3n) is 4.39. The fourth-order valence-electron chi connectivity index (χ4n) is 2.93. The second-order valence-corrected chi connectivity index (χ2v) is 6.24. The molecule has 2 N–H and O–H groups in total. The van der Waals surface area contributed by atoms with Crippen molar-refractivity contribution in [3.8, 4) is 5.75 Å². The zero-order chi connectivity index (χ0) is 15.5. The van der Waals surface area contributed by atoms with Gasteiger partial charge in [-0.2, -0.15) is 0 Å². The minimum atomic E-state index is -0.297. The molecule has 0 atom stereocenters. The summed E-state index contributed by atoms with van der Waals surface area (Å²) in [5, 5.41) is 0. The molecule has 21 heavy (non-hydrogen) atoms. The van der Waals surface area contributed by atoms with Crippen LogP contribution < -0.4 is 10.5 Å². The Balaban J connectivity index is 1.84. The first-order valence-corrected chi connectivity index (χ1v) is 7.63. The van der Waals surface area contributed by atoms with Crippen LogP contribution in [0.25, 0.3) is 0 Å². The van der Waals surface area contributed by atoms with Crippen molar-refractivity contribution in [2.75, 3.05) is 26.7 Å². The Hall–Kier alpha value is -1.55. The number of aryl methyl sites for hydroxylation is 2. The fraction of sp³-hybridized carbons (Fsp3) is 0.588. The van der Waals surface area contributed by atoms with Gasteiger partial charge in [0.05, 0.1) is 12.0 Å². The first-order valence-electron chi connectivity index (χ1n) is 7.63. The number of nitrogens with two attached hydrogens (primary N) is 1. The van der Waals surface area contributed by atoms with Crippen LogP contribution in [0, 0.1) is 19.3 Å². The normalized spacial score (nSPS) is 16.2. The highest BCUT2D eigenvalue weighted by molar-refractivity contribution is 5.83. The largest absolute Gasteiger partial charge is 0.492 e. The summed E-state index contributed by atoms with van der Waals surface area (Å²) in [5.41, 5.74) is 7.86. The van der Waals surface area contributed by atoms with E-state index in [0.717, 1.165) is 25.0 Å². The zero-order valence-corrected chi connectivity index (χ0v) is 13.3. The third kappa shape index (κ3) is 3.56. The Labute approximate surface area is 127 Å². The van der Waals surface area contributed by atoms with Crippen LogP contribution in [0.5, 0.6) is 5.75 Å². The number of rotatable bonds is 6. The average molecular weight is 290 g/mol. The summed E-state index contributed by atoms with van der Waals surface area (Å²) in [6.07, 6.45) is 2.95. The highest BCUT2D eigenvalue weighted by Crippen LogP contribution is 2.41. The molecule has 1 aliphatic carbocycles. The van der Waals surface area contributed by atoms with Crippen molar-refractivity contribution in [1.29, 1.82) is 0 Å². The molecule has 1 fully saturated rings. The van der Waals surface area contributed by atoms with Gasteiger partial charge in [0.25, 0.3) is 0 Å². The molecular formula is C17H26N2O2. The zero-order valence-electron chi connectivity index (χ0n) is 13.3. The summed E-state index contributed by atoms with van der Waals surface area (Å²) in [5.74, 6) is 1.03. The lowest BCUT2D eigenvalue weighted by Gasteiger charge is -2.41. The number of hydrogen-bond donors (Lipinski definition) is 1.